The molecule has 1 fully saturated rings. The molecule has 0 aliphatic carbocycles. The molecular weight excluding hydrogens is 356 g/mol. The second-order valence-corrected chi connectivity index (χ2v) is 7.14. The van der Waals surface area contributed by atoms with Crippen molar-refractivity contribution in [2.75, 3.05) is 4.90 Å². The number of rotatable bonds is 1. The van der Waals surface area contributed by atoms with Crippen LogP contribution in [0.1, 0.15) is 30.5 Å². The summed E-state index contributed by atoms with van der Waals surface area (Å²) in [6.45, 7) is 3.99. The molecule has 0 radical (unpaired) electrons. The summed E-state index contributed by atoms with van der Waals surface area (Å²) in [5.74, 6) is 0.838. The Hall–Kier alpha value is -2.01. The van der Waals surface area contributed by atoms with E-state index in [0.29, 0.717) is 6.42 Å². The standard InChI is InChI=1S/C18H17BrN2O2/c1-11-9-12(7-8-14(11)19)21-17(22)20-15-10-18(21,2)23-16-6-4-3-5-13(15)16/h3-9,15H,10H2,1-2H3,(H,20,22). The van der Waals surface area contributed by atoms with Crippen LogP contribution in [0.2, 0.25) is 0 Å². The van der Waals surface area contributed by atoms with Gasteiger partial charge in [0.2, 0.25) is 0 Å². The van der Waals surface area contributed by atoms with Crippen molar-refractivity contribution in [2.24, 2.45) is 0 Å². The number of amides is 2. The summed E-state index contributed by atoms with van der Waals surface area (Å²) in [7, 11) is 0. The number of urea groups is 1. The molecule has 2 atom stereocenters. The number of anilines is 1. The van der Waals surface area contributed by atoms with Crippen LogP contribution >= 0.6 is 15.9 Å². The molecule has 0 saturated carbocycles. The molecule has 118 valence electrons. The fraction of sp³-hybridized carbons (Fsp3) is 0.278. The first-order valence-corrected chi connectivity index (χ1v) is 8.42. The Balaban J connectivity index is 1.81. The van der Waals surface area contributed by atoms with E-state index in [9.17, 15) is 4.79 Å². The smallest absolute Gasteiger partial charge is 0.325 e. The van der Waals surface area contributed by atoms with Crippen LogP contribution in [0.5, 0.6) is 5.75 Å². The Labute approximate surface area is 143 Å². The maximum absolute atomic E-state index is 12.7. The lowest BCUT2D eigenvalue weighted by atomic mass is 9.90. The predicted molar refractivity (Wildman–Crippen MR) is 92.7 cm³/mol. The number of para-hydroxylation sites is 1. The molecule has 5 heteroatoms. The van der Waals surface area contributed by atoms with E-state index < -0.39 is 5.72 Å². The van der Waals surface area contributed by atoms with Gasteiger partial charge in [0.25, 0.3) is 0 Å². The summed E-state index contributed by atoms with van der Waals surface area (Å²) in [5.41, 5.74) is 2.27. The SMILES string of the molecule is Cc1cc(N2C(=O)NC3CC2(C)Oc2ccccc23)ccc1Br. The molecule has 2 unspecified atom stereocenters. The third-order valence-corrected chi connectivity index (χ3v) is 5.47. The van der Waals surface area contributed by atoms with Crippen molar-refractivity contribution in [2.45, 2.75) is 32.0 Å². The number of carbonyl (C=O) groups excluding carboxylic acids is 1. The number of fused-ring (bicyclic) bond motifs is 4. The highest BCUT2D eigenvalue weighted by atomic mass is 79.9. The monoisotopic (exact) mass is 372 g/mol. The van der Waals surface area contributed by atoms with Gasteiger partial charge in [-0.3, -0.25) is 4.90 Å². The summed E-state index contributed by atoms with van der Waals surface area (Å²) in [6.07, 6.45) is 0.713. The van der Waals surface area contributed by atoms with Gasteiger partial charge in [-0.2, -0.15) is 0 Å². The minimum atomic E-state index is -0.693. The summed E-state index contributed by atoms with van der Waals surface area (Å²) < 4.78 is 7.28. The van der Waals surface area contributed by atoms with Crippen LogP contribution in [-0.2, 0) is 0 Å². The van der Waals surface area contributed by atoms with Crippen LogP contribution in [-0.4, -0.2) is 11.8 Å². The number of ether oxygens (including phenoxy) is 1. The van der Waals surface area contributed by atoms with E-state index in [1.165, 1.54) is 0 Å². The zero-order valence-corrected chi connectivity index (χ0v) is 14.6. The topological polar surface area (TPSA) is 41.6 Å². The van der Waals surface area contributed by atoms with Gasteiger partial charge in [-0.25, -0.2) is 4.79 Å². The lowest BCUT2D eigenvalue weighted by molar-refractivity contribution is 0.0379. The number of benzene rings is 2. The molecule has 2 aliphatic heterocycles. The zero-order valence-electron chi connectivity index (χ0n) is 13.0. The van der Waals surface area contributed by atoms with Crippen molar-refractivity contribution in [3.8, 4) is 5.75 Å². The predicted octanol–water partition coefficient (Wildman–Crippen LogP) is 4.53. The van der Waals surface area contributed by atoms with Crippen LogP contribution in [0.4, 0.5) is 10.5 Å². The van der Waals surface area contributed by atoms with Gasteiger partial charge in [-0.1, -0.05) is 34.1 Å². The average molecular weight is 373 g/mol. The first-order valence-electron chi connectivity index (χ1n) is 7.63. The second kappa shape index (κ2) is 4.99. The quantitative estimate of drug-likeness (QED) is 0.798. The van der Waals surface area contributed by atoms with Crippen LogP contribution in [0.25, 0.3) is 0 Å². The lowest BCUT2D eigenvalue weighted by Crippen LogP contribution is -2.65. The number of carbonyl (C=O) groups is 1. The molecule has 2 aromatic carbocycles. The van der Waals surface area contributed by atoms with E-state index in [-0.39, 0.29) is 12.1 Å². The molecule has 0 aromatic heterocycles. The highest BCUT2D eigenvalue weighted by Gasteiger charge is 2.49. The molecule has 2 amide bonds. The fourth-order valence-corrected chi connectivity index (χ4v) is 3.73. The third-order valence-electron chi connectivity index (χ3n) is 4.58. The molecule has 1 N–H and O–H groups in total. The third kappa shape index (κ3) is 2.22. The van der Waals surface area contributed by atoms with E-state index in [2.05, 4.69) is 21.2 Å². The summed E-state index contributed by atoms with van der Waals surface area (Å²) >= 11 is 3.51. The van der Waals surface area contributed by atoms with E-state index in [1.54, 1.807) is 4.90 Å². The van der Waals surface area contributed by atoms with Gasteiger partial charge in [-0.15, -0.1) is 0 Å². The first-order chi connectivity index (χ1) is 11.0. The van der Waals surface area contributed by atoms with Gasteiger partial charge in [0.1, 0.15) is 5.75 Å². The number of halogens is 1. The largest absolute Gasteiger partial charge is 0.467 e. The van der Waals surface area contributed by atoms with Crippen molar-refractivity contribution < 1.29 is 9.53 Å². The molecule has 23 heavy (non-hydrogen) atoms. The molecular formula is C18H17BrN2O2. The van der Waals surface area contributed by atoms with Gasteiger partial charge < -0.3 is 10.1 Å². The average Bonchev–Trinajstić information content (AvgIpc) is 2.50. The van der Waals surface area contributed by atoms with E-state index in [0.717, 1.165) is 27.0 Å². The zero-order chi connectivity index (χ0) is 16.2. The molecule has 0 spiro atoms. The summed E-state index contributed by atoms with van der Waals surface area (Å²) in [6, 6.07) is 13.7. The second-order valence-electron chi connectivity index (χ2n) is 6.29. The van der Waals surface area contributed by atoms with E-state index in [4.69, 9.17) is 4.74 Å². The molecule has 2 aliphatic rings. The molecule has 2 heterocycles. The Bertz CT molecular complexity index is 807. The highest BCUT2D eigenvalue weighted by molar-refractivity contribution is 9.10. The van der Waals surface area contributed by atoms with E-state index >= 15 is 0 Å². The van der Waals surface area contributed by atoms with Crippen molar-refractivity contribution in [1.29, 1.82) is 0 Å². The van der Waals surface area contributed by atoms with Gasteiger partial charge in [-0.05, 0) is 43.7 Å². The van der Waals surface area contributed by atoms with Crippen LogP contribution in [0, 0.1) is 6.92 Å². The van der Waals surface area contributed by atoms with Crippen molar-refractivity contribution in [1.82, 2.24) is 5.32 Å². The number of hydrogen-bond donors (Lipinski definition) is 1. The Morgan fingerprint density at radius 3 is 2.87 bits per heavy atom. The normalized spacial score (nSPS) is 25.4. The van der Waals surface area contributed by atoms with Crippen LogP contribution in [0.3, 0.4) is 0 Å². The molecule has 1 saturated heterocycles. The molecule has 4 rings (SSSR count). The lowest BCUT2D eigenvalue weighted by Gasteiger charge is -2.50. The fourth-order valence-electron chi connectivity index (χ4n) is 3.48. The first kappa shape index (κ1) is 14.6. The number of nitrogens with zero attached hydrogens (tertiary/aromatic N) is 1. The maximum Gasteiger partial charge on any atom is 0.325 e. The Morgan fingerprint density at radius 2 is 2.09 bits per heavy atom. The maximum atomic E-state index is 12.7. The number of hydrogen-bond acceptors (Lipinski definition) is 2. The minimum absolute atomic E-state index is 0.00903. The Morgan fingerprint density at radius 1 is 1.30 bits per heavy atom. The Kier molecular flexibility index (Phi) is 3.17. The van der Waals surface area contributed by atoms with Crippen molar-refractivity contribution in [3.63, 3.8) is 0 Å². The summed E-state index contributed by atoms with van der Waals surface area (Å²) in [5, 5.41) is 3.11. The van der Waals surface area contributed by atoms with Gasteiger partial charge in [0.05, 0.1) is 6.04 Å². The minimum Gasteiger partial charge on any atom is -0.467 e. The van der Waals surface area contributed by atoms with Crippen LogP contribution < -0.4 is 15.0 Å². The number of nitrogens with one attached hydrogen (secondary N) is 1. The van der Waals surface area contributed by atoms with Crippen LogP contribution in [0.15, 0.2) is 46.9 Å². The summed E-state index contributed by atoms with van der Waals surface area (Å²) in [4.78, 5) is 14.5. The molecule has 2 bridgehead atoms. The van der Waals surface area contributed by atoms with Gasteiger partial charge in [0, 0.05) is 22.1 Å². The number of aryl methyl sites for hydroxylation is 1. The molecule has 4 nitrogen and oxygen atoms in total. The van der Waals surface area contributed by atoms with Crippen molar-refractivity contribution in [3.05, 3.63) is 58.1 Å². The van der Waals surface area contributed by atoms with Gasteiger partial charge >= 0.3 is 6.03 Å². The van der Waals surface area contributed by atoms with Gasteiger partial charge in [0.15, 0.2) is 5.72 Å². The highest BCUT2D eigenvalue weighted by Crippen LogP contribution is 2.45. The van der Waals surface area contributed by atoms with Crippen molar-refractivity contribution >= 4 is 27.6 Å². The molecule has 2 aromatic rings. The van der Waals surface area contributed by atoms with E-state index in [1.807, 2.05) is 56.3 Å².